The van der Waals surface area contributed by atoms with Gasteiger partial charge in [0.1, 0.15) is 13.2 Å². The summed E-state index contributed by atoms with van der Waals surface area (Å²) >= 11 is 0. The predicted molar refractivity (Wildman–Crippen MR) is 176 cm³/mol. The molecule has 278 valence electrons. The van der Waals surface area contributed by atoms with Gasteiger partial charge in [-0.05, 0) is 27.2 Å². The highest BCUT2D eigenvalue weighted by Crippen LogP contribution is 2.18. The van der Waals surface area contributed by atoms with E-state index in [0.717, 1.165) is 12.2 Å². The fourth-order valence-corrected chi connectivity index (χ4v) is 1.55. The number of aliphatic hydroxyl groups excluding tert-OH is 3. The third kappa shape index (κ3) is 43.9. The molecular weight excluding hydrogens is 640 g/mol. The Morgan fingerprint density at radius 2 is 0.750 bits per heavy atom. The van der Waals surface area contributed by atoms with Crippen LogP contribution in [0.5, 0.6) is 0 Å². The van der Waals surface area contributed by atoms with Crippen molar-refractivity contribution in [2.45, 2.75) is 34.1 Å². The lowest BCUT2D eigenvalue weighted by Gasteiger charge is -2.24. The number of rotatable bonds is 21. The minimum Gasteiger partial charge on any atom is -0.478 e. The second-order valence-electron chi connectivity index (χ2n) is 9.16. The summed E-state index contributed by atoms with van der Waals surface area (Å²) in [6, 6.07) is 0. The lowest BCUT2D eigenvalue weighted by molar-refractivity contribution is -0.140. The van der Waals surface area contributed by atoms with Crippen LogP contribution in [0, 0.1) is 5.41 Å². The summed E-state index contributed by atoms with van der Waals surface area (Å²) in [7, 11) is 0. The molecule has 48 heavy (non-hydrogen) atoms. The molecule has 0 fully saturated rings. The van der Waals surface area contributed by atoms with Gasteiger partial charge in [0.05, 0.1) is 59.5 Å². The number of carbonyl (C=O) groups is 5. The molecular formula is C32H54O16. The molecule has 0 heterocycles. The van der Waals surface area contributed by atoms with E-state index in [0.29, 0.717) is 46.1 Å². The van der Waals surface area contributed by atoms with Gasteiger partial charge in [-0.15, -0.1) is 0 Å². The molecule has 16 heteroatoms. The second kappa shape index (κ2) is 37.3. The number of carbonyl (C=O) groups excluding carboxylic acids is 2. The highest BCUT2D eigenvalue weighted by molar-refractivity contribution is 5.85. The largest absolute Gasteiger partial charge is 0.478 e. The van der Waals surface area contributed by atoms with Gasteiger partial charge in [-0.1, -0.05) is 39.8 Å². The van der Waals surface area contributed by atoms with Gasteiger partial charge in [-0.2, -0.15) is 0 Å². The van der Waals surface area contributed by atoms with Crippen LogP contribution in [0.15, 0.2) is 61.8 Å². The first-order chi connectivity index (χ1) is 22.4. The van der Waals surface area contributed by atoms with Crippen molar-refractivity contribution in [3.63, 3.8) is 0 Å². The number of aliphatic carboxylic acids is 3. The van der Waals surface area contributed by atoms with Gasteiger partial charge in [0, 0.05) is 34.3 Å². The molecule has 0 amide bonds. The Morgan fingerprint density at radius 3 is 0.875 bits per heavy atom. The minimum absolute atomic E-state index is 0.156. The molecule has 0 saturated heterocycles. The number of carboxylic acid groups (broad SMARTS) is 3. The number of hydrogen-bond acceptors (Lipinski definition) is 13. The Bertz CT molecular complexity index is 827. The van der Waals surface area contributed by atoms with Crippen molar-refractivity contribution in [3.8, 4) is 0 Å². The van der Waals surface area contributed by atoms with E-state index in [2.05, 4.69) is 32.9 Å². The zero-order valence-electron chi connectivity index (χ0n) is 28.4. The van der Waals surface area contributed by atoms with Crippen molar-refractivity contribution in [2.75, 3.05) is 72.7 Å². The first-order valence-electron chi connectivity index (χ1n) is 14.2. The average molecular weight is 695 g/mol. The lowest BCUT2D eigenvalue weighted by atomic mass is 9.88. The number of hydrogen-bond donors (Lipinski definition) is 6. The molecule has 6 N–H and O–H groups in total. The predicted octanol–water partition coefficient (Wildman–Crippen LogP) is 1.80. The van der Waals surface area contributed by atoms with Crippen LogP contribution in [-0.4, -0.2) is 133 Å². The first kappa shape index (κ1) is 53.3. The molecule has 0 aliphatic heterocycles. The summed E-state index contributed by atoms with van der Waals surface area (Å²) in [6.45, 7) is 24.4. The van der Waals surface area contributed by atoms with Crippen LogP contribution in [0.25, 0.3) is 0 Å². The summed E-state index contributed by atoms with van der Waals surface area (Å²) in [5.74, 6) is -3.74. The Hall–Kier alpha value is -4.19. The van der Waals surface area contributed by atoms with Gasteiger partial charge in [0.15, 0.2) is 0 Å². The van der Waals surface area contributed by atoms with Crippen molar-refractivity contribution < 1.29 is 78.3 Å². The highest BCUT2D eigenvalue weighted by atomic mass is 16.6. The molecule has 0 radical (unpaired) electrons. The molecule has 0 rings (SSSR count). The summed E-state index contributed by atoms with van der Waals surface area (Å²) in [5.41, 5.74) is -0.139. The van der Waals surface area contributed by atoms with E-state index in [-0.39, 0.29) is 49.8 Å². The van der Waals surface area contributed by atoms with E-state index in [1.54, 1.807) is 0 Å². The van der Waals surface area contributed by atoms with Gasteiger partial charge in [0.2, 0.25) is 0 Å². The van der Waals surface area contributed by atoms with Crippen LogP contribution >= 0.6 is 0 Å². The molecule has 0 bridgehead atoms. The smallest absolute Gasteiger partial charge is 0.330 e. The summed E-state index contributed by atoms with van der Waals surface area (Å²) in [6.07, 6.45) is 2.79. The first-order valence-corrected chi connectivity index (χ1v) is 14.2. The normalized spacial score (nSPS) is 9.40. The third-order valence-corrected chi connectivity index (χ3v) is 4.87. The molecule has 0 atom stereocenters. The molecule has 0 aliphatic carbocycles. The standard InChI is InChI=1S/C14H22O7.C6H14O3.3C4H6O2/c1-3-13(15)20-11-9-18-7-5-17-6-8-19-10-12-21-14(16)4-2;1-2-6(3-7,4-8)5-9;3*1-3(2)4(5)6/h3-4H,1-2,5-12H2;7-9H,2-5H2,1H3;3*1H2,2H3,(H,5,6). The molecule has 0 saturated carbocycles. The third-order valence-electron chi connectivity index (χ3n) is 4.87. The number of carboxylic acids is 3. The summed E-state index contributed by atoms with van der Waals surface area (Å²) in [4.78, 5) is 50.2. The van der Waals surface area contributed by atoms with E-state index in [4.69, 9.17) is 54.3 Å². The quantitative estimate of drug-likeness (QED) is 0.0569. The molecule has 0 spiro atoms. The zero-order chi connectivity index (χ0) is 38.6. The average Bonchev–Trinajstić information content (AvgIpc) is 3.05. The lowest BCUT2D eigenvalue weighted by Crippen LogP contribution is -2.32. The van der Waals surface area contributed by atoms with Gasteiger partial charge < -0.3 is 54.3 Å². The van der Waals surface area contributed by atoms with Crippen LogP contribution in [0.4, 0.5) is 0 Å². The van der Waals surface area contributed by atoms with Crippen molar-refractivity contribution in [1.82, 2.24) is 0 Å². The Labute approximate surface area is 282 Å². The maximum atomic E-state index is 10.7. The maximum Gasteiger partial charge on any atom is 0.330 e. The van der Waals surface area contributed by atoms with Crippen molar-refractivity contribution in [3.05, 3.63) is 61.8 Å². The van der Waals surface area contributed by atoms with Crippen LogP contribution < -0.4 is 0 Å². The van der Waals surface area contributed by atoms with Crippen LogP contribution in [0.3, 0.4) is 0 Å². The molecule has 16 nitrogen and oxygen atoms in total. The van der Waals surface area contributed by atoms with E-state index in [1.165, 1.54) is 20.8 Å². The Balaban J connectivity index is -0.000000187. The van der Waals surface area contributed by atoms with Gasteiger partial charge in [0.25, 0.3) is 0 Å². The topological polar surface area (TPSA) is 253 Å². The SMILES string of the molecule is C=C(C)C(=O)O.C=C(C)C(=O)O.C=C(C)C(=O)O.C=CC(=O)OCCOCCOCCOCCOC(=O)C=C.CCC(CO)(CO)CO. The van der Waals surface area contributed by atoms with Crippen molar-refractivity contribution >= 4 is 29.8 Å². The number of esters is 2. The highest BCUT2D eigenvalue weighted by Gasteiger charge is 2.24. The molecule has 0 aliphatic rings. The van der Waals surface area contributed by atoms with Crippen LogP contribution in [-0.2, 0) is 47.7 Å². The Kier molecular flexibility index (Phi) is 41.4. The van der Waals surface area contributed by atoms with E-state index >= 15 is 0 Å². The van der Waals surface area contributed by atoms with E-state index in [1.807, 2.05) is 6.92 Å². The fourth-order valence-electron chi connectivity index (χ4n) is 1.55. The van der Waals surface area contributed by atoms with E-state index in [9.17, 15) is 24.0 Å². The minimum atomic E-state index is -0.935. The van der Waals surface area contributed by atoms with E-state index < -0.39 is 35.3 Å². The summed E-state index contributed by atoms with van der Waals surface area (Å²) in [5, 5.41) is 49.6. The maximum absolute atomic E-state index is 10.7. The molecule has 0 unspecified atom stereocenters. The molecule has 0 aromatic heterocycles. The molecule has 0 aromatic rings. The van der Waals surface area contributed by atoms with Crippen LogP contribution in [0.2, 0.25) is 0 Å². The Morgan fingerprint density at radius 1 is 0.542 bits per heavy atom. The monoisotopic (exact) mass is 694 g/mol. The zero-order valence-corrected chi connectivity index (χ0v) is 28.4. The van der Waals surface area contributed by atoms with Gasteiger partial charge >= 0.3 is 29.8 Å². The van der Waals surface area contributed by atoms with Crippen molar-refractivity contribution in [2.24, 2.45) is 5.41 Å². The number of ether oxygens (including phenoxy) is 5. The number of aliphatic hydroxyl groups is 3. The van der Waals surface area contributed by atoms with Crippen molar-refractivity contribution in [1.29, 1.82) is 0 Å². The fraction of sp³-hybridized carbons (Fsp3) is 0.531. The van der Waals surface area contributed by atoms with Crippen LogP contribution in [0.1, 0.15) is 34.1 Å². The second-order valence-corrected chi connectivity index (χ2v) is 9.16. The summed E-state index contributed by atoms with van der Waals surface area (Å²) < 4.78 is 25.0. The molecule has 0 aromatic carbocycles. The van der Waals surface area contributed by atoms with Gasteiger partial charge in [-0.25, -0.2) is 24.0 Å². The van der Waals surface area contributed by atoms with Gasteiger partial charge in [-0.3, -0.25) is 0 Å².